The summed E-state index contributed by atoms with van der Waals surface area (Å²) in [4.78, 5) is 15.1. The van der Waals surface area contributed by atoms with E-state index in [2.05, 4.69) is 23.7 Å². The number of carboxylic acid groups (broad SMARTS) is 2. The van der Waals surface area contributed by atoms with Crippen LogP contribution in [0, 0.1) is 0 Å². The molecule has 0 saturated heterocycles. The molecule has 0 bridgehead atoms. The van der Waals surface area contributed by atoms with Crippen molar-refractivity contribution in [3.8, 4) is 0 Å². The Balaban J connectivity index is 0. The van der Waals surface area contributed by atoms with Gasteiger partial charge in [-0.1, -0.05) is 39.0 Å². The molecule has 0 fully saturated rings. The molecule has 0 unspecified atom stereocenters. The van der Waals surface area contributed by atoms with Crippen LogP contribution in [0.2, 0.25) is 0 Å². The molecule has 5 nitrogen and oxygen atoms in total. The van der Waals surface area contributed by atoms with E-state index in [1.54, 1.807) is 0 Å². The van der Waals surface area contributed by atoms with E-state index in [9.17, 15) is 0 Å². The Morgan fingerprint density at radius 2 is 1.50 bits per heavy atom. The Kier molecular flexibility index (Phi) is 14.6. The molecule has 108 valence electrons. The third-order valence-corrected chi connectivity index (χ3v) is 2.50. The van der Waals surface area contributed by atoms with E-state index >= 15 is 0 Å². The molecule has 0 radical (unpaired) electrons. The van der Waals surface area contributed by atoms with Crippen LogP contribution in [0.25, 0.3) is 0 Å². The Morgan fingerprint density at radius 1 is 1.06 bits per heavy atom. The first-order valence-electron chi connectivity index (χ1n) is 6.52. The van der Waals surface area contributed by atoms with Gasteiger partial charge in [0.25, 0.3) is 0 Å². The quantitative estimate of drug-likeness (QED) is 0.417. The zero-order valence-corrected chi connectivity index (χ0v) is 12.1. The van der Waals surface area contributed by atoms with E-state index in [0.717, 1.165) is 12.4 Å². The highest BCUT2D eigenvalue weighted by atomic mass is 16.6. The van der Waals surface area contributed by atoms with Crippen LogP contribution in [0.3, 0.4) is 0 Å². The molecule has 2 N–H and O–H groups in total. The maximum absolute atomic E-state index is 8.56. The second-order valence-corrected chi connectivity index (χ2v) is 4.37. The van der Waals surface area contributed by atoms with Gasteiger partial charge in [-0.15, -0.1) is 0 Å². The first-order valence-corrected chi connectivity index (χ1v) is 6.52. The van der Waals surface area contributed by atoms with Crippen molar-refractivity contribution >= 4 is 12.0 Å². The lowest BCUT2D eigenvalue weighted by Crippen LogP contribution is -2.18. The summed E-state index contributed by atoms with van der Waals surface area (Å²) < 4.78 is 0. The SMILES string of the molecule is CCCCCCCCN=C(C)N(C)C.O=C(O)O. The second kappa shape index (κ2) is 13.8. The summed E-state index contributed by atoms with van der Waals surface area (Å²) >= 11 is 0. The summed E-state index contributed by atoms with van der Waals surface area (Å²) in [5, 5.41) is 13.9. The zero-order chi connectivity index (χ0) is 14.4. The van der Waals surface area contributed by atoms with E-state index < -0.39 is 6.16 Å². The maximum atomic E-state index is 8.56. The van der Waals surface area contributed by atoms with Crippen molar-refractivity contribution in [1.29, 1.82) is 0 Å². The van der Waals surface area contributed by atoms with Gasteiger partial charge in [0.15, 0.2) is 0 Å². The standard InChI is InChI=1S/C12H26N2.CH2O3/c1-5-6-7-8-9-10-11-13-12(2)14(3)4;2-1(3)4/h5-11H2,1-4H3;(H2,2,3,4). The van der Waals surface area contributed by atoms with Crippen LogP contribution in [0.15, 0.2) is 4.99 Å². The fourth-order valence-electron chi connectivity index (χ4n) is 1.27. The van der Waals surface area contributed by atoms with Gasteiger partial charge in [0.2, 0.25) is 0 Å². The highest BCUT2D eigenvalue weighted by Gasteiger charge is 1.92. The van der Waals surface area contributed by atoms with Crippen molar-refractivity contribution < 1.29 is 15.0 Å². The van der Waals surface area contributed by atoms with E-state index in [-0.39, 0.29) is 0 Å². The van der Waals surface area contributed by atoms with Crippen LogP contribution in [0.1, 0.15) is 52.4 Å². The highest BCUT2D eigenvalue weighted by Crippen LogP contribution is 2.04. The largest absolute Gasteiger partial charge is 0.503 e. The molecule has 0 aromatic heterocycles. The molecule has 0 aliphatic rings. The monoisotopic (exact) mass is 260 g/mol. The Morgan fingerprint density at radius 3 is 1.94 bits per heavy atom. The molecule has 0 aromatic carbocycles. The molecule has 0 amide bonds. The second-order valence-electron chi connectivity index (χ2n) is 4.37. The number of nitrogens with zero attached hydrogens (tertiary/aromatic N) is 2. The third kappa shape index (κ3) is 20.2. The highest BCUT2D eigenvalue weighted by molar-refractivity contribution is 5.79. The van der Waals surface area contributed by atoms with Gasteiger partial charge in [0.05, 0.1) is 5.84 Å². The fourth-order valence-corrected chi connectivity index (χ4v) is 1.27. The van der Waals surface area contributed by atoms with E-state index in [1.165, 1.54) is 38.5 Å². The summed E-state index contributed by atoms with van der Waals surface area (Å²) in [7, 11) is 4.08. The number of hydrogen-bond donors (Lipinski definition) is 2. The third-order valence-electron chi connectivity index (χ3n) is 2.50. The fraction of sp³-hybridized carbons (Fsp3) is 0.846. The van der Waals surface area contributed by atoms with Gasteiger partial charge in [0, 0.05) is 20.6 Å². The maximum Gasteiger partial charge on any atom is 0.503 e. The summed E-state index contributed by atoms with van der Waals surface area (Å²) in [6.07, 6.45) is 6.24. The normalized spacial score (nSPS) is 10.6. The van der Waals surface area contributed by atoms with Crippen molar-refractivity contribution in [2.75, 3.05) is 20.6 Å². The number of rotatable bonds is 7. The molecule has 0 atom stereocenters. The van der Waals surface area contributed by atoms with Gasteiger partial charge in [0.1, 0.15) is 0 Å². The van der Waals surface area contributed by atoms with E-state index in [1.807, 2.05) is 14.1 Å². The predicted octanol–water partition coefficient (Wildman–Crippen LogP) is 3.55. The Hall–Kier alpha value is -1.26. The molecular weight excluding hydrogens is 232 g/mol. The number of aliphatic imine (C=N–C) groups is 1. The number of unbranched alkanes of at least 4 members (excludes halogenated alkanes) is 5. The molecular formula is C13H28N2O3. The van der Waals surface area contributed by atoms with Gasteiger partial charge in [-0.25, -0.2) is 4.79 Å². The molecule has 0 aromatic rings. The van der Waals surface area contributed by atoms with Crippen LogP contribution < -0.4 is 0 Å². The van der Waals surface area contributed by atoms with Gasteiger partial charge < -0.3 is 15.1 Å². The van der Waals surface area contributed by atoms with E-state index in [0.29, 0.717) is 0 Å². The molecule has 0 rings (SSSR count). The van der Waals surface area contributed by atoms with Crippen LogP contribution in [-0.4, -0.2) is 47.7 Å². The van der Waals surface area contributed by atoms with Crippen LogP contribution in [0.4, 0.5) is 4.79 Å². The Bertz CT molecular complexity index is 224. The molecule has 0 aliphatic carbocycles. The average molecular weight is 260 g/mol. The van der Waals surface area contributed by atoms with Crippen molar-refractivity contribution in [2.24, 2.45) is 4.99 Å². The summed E-state index contributed by atoms with van der Waals surface area (Å²) in [5.41, 5.74) is 0. The van der Waals surface area contributed by atoms with Crippen LogP contribution in [0.5, 0.6) is 0 Å². The lowest BCUT2D eigenvalue weighted by Gasteiger charge is -2.10. The van der Waals surface area contributed by atoms with Crippen molar-refractivity contribution in [3.05, 3.63) is 0 Å². The molecule has 0 spiro atoms. The molecule has 18 heavy (non-hydrogen) atoms. The first kappa shape index (κ1) is 19.1. The lowest BCUT2D eigenvalue weighted by atomic mass is 10.1. The van der Waals surface area contributed by atoms with Crippen LogP contribution >= 0.6 is 0 Å². The van der Waals surface area contributed by atoms with Crippen LogP contribution in [-0.2, 0) is 0 Å². The average Bonchev–Trinajstić information content (AvgIpc) is 2.26. The Labute approximate surface area is 111 Å². The summed E-state index contributed by atoms with van der Waals surface area (Å²) in [6, 6.07) is 0. The van der Waals surface area contributed by atoms with Crippen molar-refractivity contribution in [2.45, 2.75) is 52.4 Å². The number of carbonyl (C=O) groups is 1. The minimum Gasteiger partial charge on any atom is -0.450 e. The molecule has 0 saturated carbocycles. The van der Waals surface area contributed by atoms with Gasteiger partial charge in [-0.05, 0) is 13.3 Å². The van der Waals surface area contributed by atoms with Crippen molar-refractivity contribution in [3.63, 3.8) is 0 Å². The van der Waals surface area contributed by atoms with Gasteiger partial charge in [-0.2, -0.15) is 0 Å². The number of hydrogen-bond acceptors (Lipinski definition) is 2. The summed E-state index contributed by atoms with van der Waals surface area (Å²) in [6.45, 7) is 5.32. The first-order chi connectivity index (χ1) is 8.41. The smallest absolute Gasteiger partial charge is 0.450 e. The topological polar surface area (TPSA) is 73.1 Å². The number of amidine groups is 1. The summed E-state index contributed by atoms with van der Waals surface area (Å²) in [5.74, 6) is 1.14. The van der Waals surface area contributed by atoms with Gasteiger partial charge >= 0.3 is 6.16 Å². The minimum absolute atomic E-state index is 0.996. The van der Waals surface area contributed by atoms with Crippen molar-refractivity contribution in [1.82, 2.24) is 4.90 Å². The lowest BCUT2D eigenvalue weighted by molar-refractivity contribution is 0.137. The minimum atomic E-state index is -1.83. The zero-order valence-electron chi connectivity index (χ0n) is 12.1. The molecule has 5 heteroatoms. The van der Waals surface area contributed by atoms with E-state index in [4.69, 9.17) is 15.0 Å². The molecule has 0 aliphatic heterocycles. The predicted molar refractivity (Wildman–Crippen MR) is 75.7 cm³/mol. The van der Waals surface area contributed by atoms with Gasteiger partial charge in [-0.3, -0.25) is 4.99 Å². The molecule has 0 heterocycles.